The summed E-state index contributed by atoms with van der Waals surface area (Å²) in [5.74, 6) is 5.66. The Bertz CT molecular complexity index is 2030. The first-order valence-corrected chi connectivity index (χ1v) is 17.2. The van der Waals surface area contributed by atoms with E-state index < -0.39 is 11.9 Å². The van der Waals surface area contributed by atoms with Crippen molar-refractivity contribution in [3.05, 3.63) is 99.1 Å². The zero-order chi connectivity index (χ0) is 34.0. The number of nitrogens with one attached hydrogen (secondary N) is 4. The maximum Gasteiger partial charge on any atom is 0.141 e. The van der Waals surface area contributed by atoms with Crippen LogP contribution in [0.5, 0.6) is 0 Å². The number of hydrogen-bond donors (Lipinski definition) is 5. The molecule has 1 fully saturated rings. The van der Waals surface area contributed by atoms with Gasteiger partial charge >= 0.3 is 0 Å². The Kier molecular flexibility index (Phi) is 9.92. The largest absolute Gasteiger partial charge is 0.387 e. The number of fused-ring (bicyclic) bond motifs is 2. The van der Waals surface area contributed by atoms with Crippen LogP contribution in [0.2, 0.25) is 10.0 Å². The SMILES string of the molecule is CC(C)(C)N1CCC(N/C=C(\NN)[C@@H](Nc2cc(Cl)c3ncc(C#N)c(Nc4ccc(F)c(Cl)c4)c3c2)c2ccc3scnc3c2)CC1. The number of hydrogen-bond acceptors (Lipinski definition) is 10. The number of thiazole rings is 1. The molecule has 13 heteroatoms. The van der Waals surface area contributed by atoms with Crippen molar-refractivity contribution in [2.24, 2.45) is 5.84 Å². The number of pyridine rings is 1. The first-order chi connectivity index (χ1) is 23.0. The molecule has 2 aromatic heterocycles. The van der Waals surface area contributed by atoms with E-state index in [-0.39, 0.29) is 16.1 Å². The normalized spacial score (nSPS) is 15.3. The molecule has 1 saturated heterocycles. The molecule has 6 N–H and O–H groups in total. The van der Waals surface area contributed by atoms with Crippen molar-refractivity contribution in [3.8, 4) is 6.07 Å². The number of halogens is 3. The highest BCUT2D eigenvalue weighted by molar-refractivity contribution is 7.16. The van der Waals surface area contributed by atoms with Crippen LogP contribution in [0.1, 0.15) is 50.8 Å². The van der Waals surface area contributed by atoms with E-state index in [2.05, 4.69) is 69.2 Å². The quantitative estimate of drug-likeness (QED) is 0.0762. The van der Waals surface area contributed by atoms with Crippen LogP contribution in [0, 0.1) is 17.1 Å². The van der Waals surface area contributed by atoms with E-state index in [1.807, 2.05) is 29.9 Å². The van der Waals surface area contributed by atoms with E-state index in [1.54, 1.807) is 23.5 Å². The molecule has 6 rings (SSSR count). The summed E-state index contributed by atoms with van der Waals surface area (Å²) in [6.07, 6.45) is 5.43. The predicted octanol–water partition coefficient (Wildman–Crippen LogP) is 8.22. The Morgan fingerprint density at radius 1 is 1.08 bits per heavy atom. The minimum Gasteiger partial charge on any atom is -0.387 e. The Hall–Kier alpha value is -4.18. The standard InChI is InChI=1S/C35H36Cl2FN9S/c1-35(2,3)47-10-8-22(9-11-47)41-18-30(46-40)33(20-4-7-31-29(12-20)43-19-48-31)45-24-13-25-32(44-23-5-6-28(38)26(36)14-23)21(16-39)17-42-34(25)27(37)15-24/h4-7,12-15,17-19,22,33,41,45-46H,8-11,40H2,1-3H3,(H,42,44)/b30-18-/t33-/m0/s1. The summed E-state index contributed by atoms with van der Waals surface area (Å²) < 4.78 is 15.0. The number of hydrazine groups is 1. The van der Waals surface area contributed by atoms with Crippen LogP contribution in [0.4, 0.5) is 21.5 Å². The van der Waals surface area contributed by atoms with Crippen LogP contribution >= 0.6 is 34.5 Å². The Labute approximate surface area is 292 Å². The van der Waals surface area contributed by atoms with Gasteiger partial charge in [0.15, 0.2) is 0 Å². The van der Waals surface area contributed by atoms with Gasteiger partial charge in [0.05, 0.1) is 54.3 Å². The number of nitrogens with two attached hydrogens (primary N) is 1. The molecule has 0 aliphatic carbocycles. The molecule has 0 amide bonds. The fourth-order valence-corrected chi connectivity index (χ4v) is 7.08. The molecule has 5 aromatic rings. The third-order valence-corrected chi connectivity index (χ3v) is 10.0. The molecule has 0 saturated carbocycles. The lowest BCUT2D eigenvalue weighted by Gasteiger charge is -2.41. The molecule has 48 heavy (non-hydrogen) atoms. The zero-order valence-electron chi connectivity index (χ0n) is 26.7. The number of piperidine rings is 1. The molecular formula is C35H36Cl2FN9S. The van der Waals surface area contributed by atoms with Crippen molar-refractivity contribution >= 4 is 72.7 Å². The van der Waals surface area contributed by atoms with Crippen molar-refractivity contribution in [3.63, 3.8) is 0 Å². The lowest BCUT2D eigenvalue weighted by molar-refractivity contribution is 0.0988. The number of likely N-dealkylation sites (tertiary alicyclic amines) is 1. The third-order valence-electron chi connectivity index (χ3n) is 8.63. The van der Waals surface area contributed by atoms with Gasteiger partial charge in [0, 0.05) is 53.8 Å². The number of anilines is 3. The summed E-state index contributed by atoms with van der Waals surface area (Å²) in [7, 11) is 0. The highest BCUT2D eigenvalue weighted by Gasteiger charge is 2.27. The summed E-state index contributed by atoms with van der Waals surface area (Å²) in [4.78, 5) is 11.5. The van der Waals surface area contributed by atoms with E-state index in [1.165, 1.54) is 18.3 Å². The number of nitriles is 1. The van der Waals surface area contributed by atoms with E-state index in [0.717, 1.165) is 41.7 Å². The molecule has 248 valence electrons. The van der Waals surface area contributed by atoms with Gasteiger partial charge in [-0.25, -0.2) is 9.37 Å². The molecule has 0 bridgehead atoms. The van der Waals surface area contributed by atoms with Gasteiger partial charge in [0.2, 0.25) is 0 Å². The molecule has 1 aliphatic rings. The molecule has 9 nitrogen and oxygen atoms in total. The minimum absolute atomic E-state index is 0.0425. The van der Waals surface area contributed by atoms with Crippen molar-refractivity contribution in [1.29, 1.82) is 5.26 Å². The van der Waals surface area contributed by atoms with Gasteiger partial charge in [-0.1, -0.05) is 29.3 Å². The fourth-order valence-electron chi connectivity index (χ4n) is 5.98. The number of rotatable bonds is 9. The van der Waals surface area contributed by atoms with Crippen LogP contribution in [-0.2, 0) is 0 Å². The smallest absolute Gasteiger partial charge is 0.141 e. The van der Waals surface area contributed by atoms with Crippen LogP contribution in [0.25, 0.3) is 21.1 Å². The van der Waals surface area contributed by atoms with Crippen LogP contribution in [0.3, 0.4) is 0 Å². The van der Waals surface area contributed by atoms with Gasteiger partial charge in [-0.05, 0) is 81.6 Å². The molecule has 3 aromatic carbocycles. The monoisotopic (exact) mass is 703 g/mol. The molecule has 1 atom stereocenters. The van der Waals surface area contributed by atoms with Gasteiger partial charge in [0.1, 0.15) is 11.9 Å². The first kappa shape index (κ1) is 33.7. The lowest BCUT2D eigenvalue weighted by atomic mass is 9.98. The van der Waals surface area contributed by atoms with E-state index in [0.29, 0.717) is 44.7 Å². The zero-order valence-corrected chi connectivity index (χ0v) is 29.1. The van der Waals surface area contributed by atoms with Gasteiger partial charge in [-0.15, -0.1) is 11.3 Å². The molecule has 0 radical (unpaired) electrons. The van der Waals surface area contributed by atoms with Gasteiger partial charge in [-0.2, -0.15) is 5.26 Å². The highest BCUT2D eigenvalue weighted by Crippen LogP contribution is 2.37. The third kappa shape index (κ3) is 7.28. The highest BCUT2D eigenvalue weighted by atomic mass is 35.5. The molecule has 0 spiro atoms. The summed E-state index contributed by atoms with van der Waals surface area (Å²) >= 11 is 14.5. The molecule has 3 heterocycles. The maximum atomic E-state index is 13.9. The van der Waals surface area contributed by atoms with Gasteiger partial charge in [-0.3, -0.25) is 15.7 Å². The number of aromatic nitrogens is 2. The number of benzene rings is 3. The average Bonchev–Trinajstić information content (AvgIpc) is 3.54. The van der Waals surface area contributed by atoms with Gasteiger partial charge in [0.25, 0.3) is 0 Å². The minimum atomic E-state index is -0.541. The summed E-state index contributed by atoms with van der Waals surface area (Å²) in [6, 6.07) is 16.1. The van der Waals surface area contributed by atoms with E-state index >= 15 is 0 Å². The Morgan fingerprint density at radius 2 is 1.85 bits per heavy atom. The van der Waals surface area contributed by atoms with E-state index in [9.17, 15) is 9.65 Å². The van der Waals surface area contributed by atoms with Crippen LogP contribution in [0.15, 0.2) is 72.1 Å². The second-order valence-corrected chi connectivity index (χ2v) is 14.5. The van der Waals surface area contributed by atoms with Crippen molar-refractivity contribution < 1.29 is 4.39 Å². The Morgan fingerprint density at radius 3 is 2.56 bits per heavy atom. The average molecular weight is 705 g/mol. The lowest BCUT2D eigenvalue weighted by Crippen LogP contribution is -2.49. The van der Waals surface area contributed by atoms with Crippen molar-refractivity contribution in [2.75, 3.05) is 23.7 Å². The van der Waals surface area contributed by atoms with Crippen LogP contribution in [-0.4, -0.2) is 39.5 Å². The molecule has 1 aliphatic heterocycles. The summed E-state index contributed by atoms with van der Waals surface area (Å²) in [5, 5.41) is 21.4. The number of nitrogens with zero attached hydrogens (tertiary/aromatic N) is 4. The fraction of sp³-hybridized carbons (Fsp3) is 0.286. The second-order valence-electron chi connectivity index (χ2n) is 12.8. The predicted molar refractivity (Wildman–Crippen MR) is 195 cm³/mol. The summed E-state index contributed by atoms with van der Waals surface area (Å²) in [5.41, 5.74) is 9.82. The second kappa shape index (κ2) is 14.1. The van der Waals surface area contributed by atoms with Crippen molar-refractivity contribution in [2.45, 2.75) is 51.2 Å². The Balaban J connectivity index is 1.37. The van der Waals surface area contributed by atoms with E-state index in [4.69, 9.17) is 29.0 Å². The molecular weight excluding hydrogens is 668 g/mol. The summed E-state index contributed by atoms with van der Waals surface area (Å²) in [6.45, 7) is 8.77. The van der Waals surface area contributed by atoms with Crippen molar-refractivity contribution in [1.82, 2.24) is 25.6 Å². The van der Waals surface area contributed by atoms with Gasteiger partial charge < -0.3 is 21.4 Å². The maximum absolute atomic E-state index is 13.9. The topological polar surface area (TPSA) is 127 Å². The molecule has 0 unspecified atom stereocenters. The first-order valence-electron chi connectivity index (χ1n) is 15.6. The van der Waals surface area contributed by atoms with Crippen LogP contribution < -0.4 is 27.2 Å².